The van der Waals surface area contributed by atoms with Gasteiger partial charge in [0.25, 0.3) is 0 Å². The van der Waals surface area contributed by atoms with Crippen molar-refractivity contribution in [2.24, 2.45) is 5.41 Å². The summed E-state index contributed by atoms with van der Waals surface area (Å²) in [6, 6.07) is 8.73. The number of nitrogen functional groups attached to an aromatic ring is 1. The molecule has 1 atom stereocenters. The molecule has 19 heavy (non-hydrogen) atoms. The molecule has 0 aromatic heterocycles. The first-order valence-electron chi connectivity index (χ1n) is 7.70. The standard InChI is InChI=1S/C17H28N2/c1-4-10-17(11-5-2)12-19(13-17)14(3)15-8-6-7-9-16(15)18/h6-9,14H,4-5,10-13,18H2,1-3H3. The van der Waals surface area contributed by atoms with Crippen LogP contribution in [0, 0.1) is 5.41 Å². The second kappa shape index (κ2) is 5.96. The summed E-state index contributed by atoms with van der Waals surface area (Å²) < 4.78 is 0. The summed E-state index contributed by atoms with van der Waals surface area (Å²) in [5.41, 5.74) is 8.89. The lowest BCUT2D eigenvalue weighted by Gasteiger charge is -2.53. The summed E-state index contributed by atoms with van der Waals surface area (Å²) in [4.78, 5) is 2.58. The minimum absolute atomic E-state index is 0.447. The van der Waals surface area contributed by atoms with Gasteiger partial charge in [-0.05, 0) is 36.8 Å². The fourth-order valence-electron chi connectivity index (χ4n) is 3.68. The number of rotatable bonds is 6. The Morgan fingerprint density at radius 3 is 2.26 bits per heavy atom. The van der Waals surface area contributed by atoms with Gasteiger partial charge in [-0.3, -0.25) is 4.90 Å². The largest absolute Gasteiger partial charge is 0.398 e. The van der Waals surface area contributed by atoms with Crippen molar-refractivity contribution >= 4 is 5.69 Å². The Bertz CT molecular complexity index is 399. The van der Waals surface area contributed by atoms with E-state index in [0.717, 1.165) is 5.69 Å². The monoisotopic (exact) mass is 260 g/mol. The summed E-state index contributed by atoms with van der Waals surface area (Å²) in [6.07, 6.45) is 5.34. The fraction of sp³-hybridized carbons (Fsp3) is 0.647. The lowest BCUT2D eigenvalue weighted by atomic mass is 9.71. The minimum atomic E-state index is 0.447. The van der Waals surface area contributed by atoms with Gasteiger partial charge in [0, 0.05) is 24.8 Å². The number of nitrogens with zero attached hydrogens (tertiary/aromatic N) is 1. The van der Waals surface area contributed by atoms with Gasteiger partial charge in [0.1, 0.15) is 0 Å². The van der Waals surface area contributed by atoms with E-state index in [9.17, 15) is 0 Å². The van der Waals surface area contributed by atoms with E-state index in [-0.39, 0.29) is 0 Å². The van der Waals surface area contributed by atoms with Crippen LogP contribution in [0.4, 0.5) is 5.69 Å². The first-order chi connectivity index (χ1) is 9.12. The number of hydrogen-bond donors (Lipinski definition) is 1. The van der Waals surface area contributed by atoms with E-state index in [2.05, 4.69) is 37.8 Å². The summed E-state index contributed by atoms with van der Waals surface area (Å²) in [5.74, 6) is 0. The molecule has 2 heteroatoms. The van der Waals surface area contributed by atoms with Crippen molar-refractivity contribution in [3.63, 3.8) is 0 Å². The number of para-hydroxylation sites is 1. The Kier molecular flexibility index (Phi) is 4.51. The lowest BCUT2D eigenvalue weighted by molar-refractivity contribution is -0.0402. The van der Waals surface area contributed by atoms with E-state index >= 15 is 0 Å². The Morgan fingerprint density at radius 2 is 1.74 bits per heavy atom. The maximum absolute atomic E-state index is 6.10. The van der Waals surface area contributed by atoms with E-state index in [1.807, 2.05) is 12.1 Å². The van der Waals surface area contributed by atoms with E-state index in [0.29, 0.717) is 11.5 Å². The second-order valence-corrected chi connectivity index (χ2v) is 6.21. The third-order valence-electron chi connectivity index (χ3n) is 4.63. The Balaban J connectivity index is 2.01. The van der Waals surface area contributed by atoms with Crippen LogP contribution >= 0.6 is 0 Å². The molecule has 1 aromatic rings. The van der Waals surface area contributed by atoms with Crippen LogP contribution in [0.25, 0.3) is 0 Å². The zero-order valence-electron chi connectivity index (χ0n) is 12.7. The zero-order chi connectivity index (χ0) is 13.9. The van der Waals surface area contributed by atoms with Crippen molar-refractivity contribution < 1.29 is 0 Å². The van der Waals surface area contributed by atoms with Crippen LogP contribution in [0.1, 0.15) is 58.1 Å². The van der Waals surface area contributed by atoms with Crippen molar-refractivity contribution in [1.82, 2.24) is 4.90 Å². The van der Waals surface area contributed by atoms with Gasteiger partial charge >= 0.3 is 0 Å². The van der Waals surface area contributed by atoms with E-state index in [4.69, 9.17) is 5.73 Å². The molecule has 0 amide bonds. The van der Waals surface area contributed by atoms with Gasteiger partial charge in [0.05, 0.1) is 0 Å². The van der Waals surface area contributed by atoms with Crippen molar-refractivity contribution in [2.75, 3.05) is 18.8 Å². The molecule has 2 N–H and O–H groups in total. The molecule has 1 unspecified atom stereocenters. The van der Waals surface area contributed by atoms with Crippen molar-refractivity contribution in [3.8, 4) is 0 Å². The van der Waals surface area contributed by atoms with Gasteiger partial charge in [0.15, 0.2) is 0 Å². The average molecular weight is 260 g/mol. The first kappa shape index (κ1) is 14.4. The fourth-order valence-corrected chi connectivity index (χ4v) is 3.68. The van der Waals surface area contributed by atoms with Crippen molar-refractivity contribution in [3.05, 3.63) is 29.8 Å². The Morgan fingerprint density at radius 1 is 1.16 bits per heavy atom. The van der Waals surface area contributed by atoms with Gasteiger partial charge in [-0.15, -0.1) is 0 Å². The van der Waals surface area contributed by atoms with Crippen LogP contribution in [0.3, 0.4) is 0 Å². The molecule has 0 aliphatic carbocycles. The normalized spacial score (nSPS) is 19.9. The van der Waals surface area contributed by atoms with Crippen molar-refractivity contribution in [2.45, 2.75) is 52.5 Å². The molecule has 1 heterocycles. The van der Waals surface area contributed by atoms with Gasteiger partial charge in [-0.25, -0.2) is 0 Å². The van der Waals surface area contributed by atoms with Crippen LogP contribution in [0.5, 0.6) is 0 Å². The molecule has 0 radical (unpaired) electrons. The topological polar surface area (TPSA) is 29.3 Å². The van der Waals surface area contributed by atoms with Crippen LogP contribution < -0.4 is 5.73 Å². The molecule has 0 spiro atoms. The molecule has 1 aliphatic rings. The quantitative estimate of drug-likeness (QED) is 0.775. The predicted molar refractivity (Wildman–Crippen MR) is 83.1 cm³/mol. The van der Waals surface area contributed by atoms with Crippen LogP contribution in [-0.2, 0) is 0 Å². The predicted octanol–water partition coefficient (Wildman–Crippen LogP) is 4.23. The van der Waals surface area contributed by atoms with Gasteiger partial charge < -0.3 is 5.73 Å². The van der Waals surface area contributed by atoms with Gasteiger partial charge in [0.2, 0.25) is 0 Å². The number of hydrogen-bond acceptors (Lipinski definition) is 2. The highest BCUT2D eigenvalue weighted by Gasteiger charge is 2.43. The highest BCUT2D eigenvalue weighted by molar-refractivity contribution is 5.48. The molecule has 0 bridgehead atoms. The highest BCUT2D eigenvalue weighted by atomic mass is 15.2. The highest BCUT2D eigenvalue weighted by Crippen LogP contribution is 2.44. The molecule has 2 rings (SSSR count). The third-order valence-corrected chi connectivity index (χ3v) is 4.63. The summed E-state index contributed by atoms with van der Waals surface area (Å²) >= 11 is 0. The van der Waals surface area contributed by atoms with E-state index < -0.39 is 0 Å². The van der Waals surface area contributed by atoms with Crippen LogP contribution in [0.15, 0.2) is 24.3 Å². The molecule has 1 fully saturated rings. The number of benzene rings is 1. The maximum atomic E-state index is 6.10. The summed E-state index contributed by atoms with van der Waals surface area (Å²) in [6.45, 7) is 9.37. The summed E-state index contributed by atoms with van der Waals surface area (Å²) in [5, 5.41) is 0. The number of likely N-dealkylation sites (tertiary alicyclic amines) is 1. The molecular formula is C17H28N2. The average Bonchev–Trinajstić information content (AvgIpc) is 2.35. The number of anilines is 1. The van der Waals surface area contributed by atoms with E-state index in [1.165, 1.54) is 44.3 Å². The summed E-state index contributed by atoms with van der Waals surface area (Å²) in [7, 11) is 0. The van der Waals surface area contributed by atoms with E-state index in [1.54, 1.807) is 0 Å². The molecule has 0 saturated carbocycles. The maximum Gasteiger partial charge on any atom is 0.0362 e. The molecule has 1 aromatic carbocycles. The molecule has 1 aliphatic heterocycles. The second-order valence-electron chi connectivity index (χ2n) is 6.21. The number of nitrogens with two attached hydrogens (primary N) is 1. The Labute approximate surface area is 118 Å². The molecule has 2 nitrogen and oxygen atoms in total. The van der Waals surface area contributed by atoms with Crippen LogP contribution in [0.2, 0.25) is 0 Å². The molecular weight excluding hydrogens is 232 g/mol. The molecule has 1 saturated heterocycles. The minimum Gasteiger partial charge on any atom is -0.398 e. The lowest BCUT2D eigenvalue weighted by Crippen LogP contribution is -2.56. The SMILES string of the molecule is CCCC1(CCC)CN(C(C)c2ccccc2N)C1. The van der Waals surface area contributed by atoms with Crippen molar-refractivity contribution in [1.29, 1.82) is 0 Å². The first-order valence-corrected chi connectivity index (χ1v) is 7.70. The Hall–Kier alpha value is -1.02. The third kappa shape index (κ3) is 2.94. The van der Waals surface area contributed by atoms with Crippen LogP contribution in [-0.4, -0.2) is 18.0 Å². The van der Waals surface area contributed by atoms with Gasteiger partial charge in [-0.1, -0.05) is 44.9 Å². The van der Waals surface area contributed by atoms with Gasteiger partial charge in [-0.2, -0.15) is 0 Å². The molecule has 106 valence electrons. The zero-order valence-corrected chi connectivity index (χ0v) is 12.7. The smallest absolute Gasteiger partial charge is 0.0362 e.